The van der Waals surface area contributed by atoms with Crippen molar-refractivity contribution in [3.63, 3.8) is 0 Å². The van der Waals surface area contributed by atoms with E-state index in [2.05, 4.69) is 15.6 Å². The minimum atomic E-state index is -0.766. The molecule has 0 radical (unpaired) electrons. The number of nitrogens with zero attached hydrogens (tertiary/aromatic N) is 1. The number of pyridine rings is 1. The first kappa shape index (κ1) is 14.2. The Morgan fingerprint density at radius 3 is 2.86 bits per heavy atom. The van der Waals surface area contributed by atoms with Crippen molar-refractivity contribution in [3.8, 4) is 0 Å². The highest BCUT2D eigenvalue weighted by atomic mass is 19.1. The maximum atomic E-state index is 13.3. The summed E-state index contributed by atoms with van der Waals surface area (Å²) < 4.78 is 13.3. The largest absolute Gasteiger partial charge is 0.341 e. The van der Waals surface area contributed by atoms with Crippen molar-refractivity contribution >= 4 is 17.5 Å². The van der Waals surface area contributed by atoms with Crippen molar-refractivity contribution in [1.82, 2.24) is 10.3 Å². The van der Waals surface area contributed by atoms with Gasteiger partial charge in [-0.25, -0.2) is 4.39 Å². The molecule has 0 bridgehead atoms. The van der Waals surface area contributed by atoms with Crippen LogP contribution in [0.4, 0.5) is 10.1 Å². The smallest absolute Gasteiger partial charge is 0.313 e. The van der Waals surface area contributed by atoms with Gasteiger partial charge in [0, 0.05) is 6.20 Å². The van der Waals surface area contributed by atoms with E-state index in [1.165, 1.54) is 18.3 Å². The molecule has 1 aromatic carbocycles. The molecule has 112 valence electrons. The van der Waals surface area contributed by atoms with Crippen LogP contribution in [-0.2, 0) is 16.0 Å². The molecule has 3 rings (SSSR count). The Kier molecular flexibility index (Phi) is 3.82. The van der Waals surface area contributed by atoms with Crippen molar-refractivity contribution in [3.05, 3.63) is 59.7 Å². The van der Waals surface area contributed by atoms with Gasteiger partial charge < -0.3 is 10.6 Å². The zero-order chi connectivity index (χ0) is 15.5. The monoisotopic (exact) mass is 299 g/mol. The predicted octanol–water partition coefficient (Wildman–Crippen LogP) is 1.96. The molecule has 0 fully saturated rings. The third-order valence-corrected chi connectivity index (χ3v) is 3.62. The fraction of sp³-hybridized carbons (Fsp3) is 0.188. The Morgan fingerprint density at radius 1 is 1.23 bits per heavy atom. The molecule has 1 aromatic heterocycles. The van der Waals surface area contributed by atoms with Gasteiger partial charge in [0.25, 0.3) is 0 Å². The minimum Gasteiger partial charge on any atom is -0.341 e. The first-order chi connectivity index (χ1) is 10.6. The Morgan fingerprint density at radius 2 is 2.09 bits per heavy atom. The Balaban J connectivity index is 1.66. The third kappa shape index (κ3) is 2.95. The summed E-state index contributed by atoms with van der Waals surface area (Å²) in [7, 11) is 0. The number of hydrogen-bond donors (Lipinski definition) is 2. The fourth-order valence-corrected chi connectivity index (χ4v) is 2.57. The molecule has 1 atom stereocenters. The average molecular weight is 299 g/mol. The Bertz CT molecular complexity index is 719. The van der Waals surface area contributed by atoms with Gasteiger partial charge in [-0.3, -0.25) is 14.6 Å². The lowest BCUT2D eigenvalue weighted by Crippen LogP contribution is -2.37. The summed E-state index contributed by atoms with van der Waals surface area (Å²) in [6.45, 7) is 0. The highest BCUT2D eigenvalue weighted by Crippen LogP contribution is 2.31. The lowest BCUT2D eigenvalue weighted by atomic mass is 10.1. The number of anilines is 1. The summed E-state index contributed by atoms with van der Waals surface area (Å²) in [5.41, 5.74) is 2.18. The molecule has 2 aromatic rings. The normalized spacial score (nSPS) is 16.0. The summed E-state index contributed by atoms with van der Waals surface area (Å²) in [6.07, 6.45) is 4.43. The van der Waals surface area contributed by atoms with Gasteiger partial charge in [0.1, 0.15) is 5.82 Å². The maximum Gasteiger partial charge on any atom is 0.313 e. The van der Waals surface area contributed by atoms with Gasteiger partial charge in [-0.05, 0) is 48.2 Å². The maximum absolute atomic E-state index is 13.3. The summed E-state index contributed by atoms with van der Waals surface area (Å²) >= 11 is 0. The van der Waals surface area contributed by atoms with E-state index >= 15 is 0 Å². The van der Waals surface area contributed by atoms with Gasteiger partial charge in [-0.15, -0.1) is 0 Å². The number of carbonyl (C=O) groups excluding carboxylic acids is 2. The molecule has 0 spiro atoms. The number of fused-ring (bicyclic) bond motifs is 1. The van der Waals surface area contributed by atoms with E-state index < -0.39 is 11.8 Å². The highest BCUT2D eigenvalue weighted by molar-refractivity contribution is 6.39. The van der Waals surface area contributed by atoms with Gasteiger partial charge in [-0.1, -0.05) is 6.07 Å². The lowest BCUT2D eigenvalue weighted by Gasteiger charge is -2.14. The van der Waals surface area contributed by atoms with E-state index in [1.807, 2.05) is 0 Å². The van der Waals surface area contributed by atoms with Gasteiger partial charge in [0.05, 0.1) is 17.9 Å². The van der Waals surface area contributed by atoms with Crippen LogP contribution < -0.4 is 10.6 Å². The van der Waals surface area contributed by atoms with Crippen molar-refractivity contribution in [2.24, 2.45) is 0 Å². The van der Waals surface area contributed by atoms with Crippen LogP contribution in [0.5, 0.6) is 0 Å². The summed E-state index contributed by atoms with van der Waals surface area (Å²) in [5, 5.41) is 5.11. The van der Waals surface area contributed by atoms with Gasteiger partial charge in [0.15, 0.2) is 0 Å². The molecular formula is C16H14FN3O2. The molecule has 0 aliphatic heterocycles. The Labute approximate surface area is 126 Å². The van der Waals surface area contributed by atoms with Crippen LogP contribution >= 0.6 is 0 Å². The molecule has 1 aliphatic rings. The zero-order valence-corrected chi connectivity index (χ0v) is 11.7. The number of hydrogen-bond acceptors (Lipinski definition) is 3. The minimum absolute atomic E-state index is 0.335. The zero-order valence-electron chi connectivity index (χ0n) is 11.7. The van der Waals surface area contributed by atoms with Crippen molar-refractivity contribution in [2.45, 2.75) is 18.9 Å². The SMILES string of the molecule is O=C(Nc1cccnc1)C(=O)NC1CCc2ccc(F)cc21. The molecule has 1 unspecified atom stereocenters. The van der Waals surface area contributed by atoms with Gasteiger partial charge in [0.2, 0.25) is 0 Å². The van der Waals surface area contributed by atoms with E-state index in [0.29, 0.717) is 12.1 Å². The number of halogens is 1. The second-order valence-electron chi connectivity index (χ2n) is 5.10. The van der Waals surface area contributed by atoms with E-state index in [4.69, 9.17) is 0 Å². The van der Waals surface area contributed by atoms with Crippen LogP contribution in [0.1, 0.15) is 23.6 Å². The van der Waals surface area contributed by atoms with E-state index in [9.17, 15) is 14.0 Å². The third-order valence-electron chi connectivity index (χ3n) is 3.62. The number of aromatic nitrogens is 1. The molecule has 5 nitrogen and oxygen atoms in total. The van der Waals surface area contributed by atoms with Crippen molar-refractivity contribution in [2.75, 3.05) is 5.32 Å². The van der Waals surface area contributed by atoms with Gasteiger partial charge in [-0.2, -0.15) is 0 Å². The predicted molar refractivity (Wildman–Crippen MR) is 78.5 cm³/mol. The summed E-state index contributed by atoms with van der Waals surface area (Å²) in [6, 6.07) is 7.48. The summed E-state index contributed by atoms with van der Waals surface area (Å²) in [5.74, 6) is -1.86. The lowest BCUT2D eigenvalue weighted by molar-refractivity contribution is -0.136. The second kappa shape index (κ2) is 5.93. The molecule has 1 heterocycles. The molecular weight excluding hydrogens is 285 g/mol. The molecule has 0 saturated carbocycles. The average Bonchev–Trinajstić information content (AvgIpc) is 2.90. The number of aryl methyl sites for hydroxylation is 1. The number of nitrogens with one attached hydrogen (secondary N) is 2. The van der Waals surface area contributed by atoms with Crippen LogP contribution in [0.2, 0.25) is 0 Å². The van der Waals surface area contributed by atoms with Crippen LogP contribution in [0.15, 0.2) is 42.7 Å². The van der Waals surface area contributed by atoms with E-state index in [1.54, 1.807) is 24.4 Å². The molecule has 22 heavy (non-hydrogen) atoms. The van der Waals surface area contributed by atoms with Crippen LogP contribution in [0.25, 0.3) is 0 Å². The molecule has 2 amide bonds. The van der Waals surface area contributed by atoms with E-state index in [-0.39, 0.29) is 11.9 Å². The first-order valence-electron chi connectivity index (χ1n) is 6.93. The summed E-state index contributed by atoms with van der Waals surface area (Å²) in [4.78, 5) is 27.7. The number of carbonyl (C=O) groups is 2. The quantitative estimate of drug-likeness (QED) is 0.833. The molecule has 2 N–H and O–H groups in total. The molecule has 6 heteroatoms. The van der Waals surface area contributed by atoms with E-state index in [0.717, 1.165) is 17.5 Å². The molecule has 0 saturated heterocycles. The van der Waals surface area contributed by atoms with Crippen LogP contribution in [0, 0.1) is 5.82 Å². The first-order valence-corrected chi connectivity index (χ1v) is 6.93. The molecule has 1 aliphatic carbocycles. The number of rotatable bonds is 2. The number of amides is 2. The van der Waals surface area contributed by atoms with Crippen molar-refractivity contribution < 1.29 is 14.0 Å². The fourth-order valence-electron chi connectivity index (χ4n) is 2.57. The highest BCUT2D eigenvalue weighted by Gasteiger charge is 2.26. The topological polar surface area (TPSA) is 71.1 Å². The standard InChI is InChI=1S/C16H14FN3O2/c17-11-5-3-10-4-6-14(13(10)8-11)20-16(22)15(21)19-12-2-1-7-18-9-12/h1-3,5,7-9,14H,4,6H2,(H,19,21)(H,20,22). The van der Waals surface area contributed by atoms with Crippen LogP contribution in [0.3, 0.4) is 0 Å². The number of benzene rings is 1. The Hall–Kier alpha value is -2.76. The van der Waals surface area contributed by atoms with Gasteiger partial charge >= 0.3 is 11.8 Å². The second-order valence-corrected chi connectivity index (χ2v) is 5.10. The van der Waals surface area contributed by atoms with Crippen LogP contribution in [-0.4, -0.2) is 16.8 Å². The van der Waals surface area contributed by atoms with Crippen molar-refractivity contribution in [1.29, 1.82) is 0 Å².